The number of alkyl carbamates (subject to hydrolysis) is 2. The van der Waals surface area contributed by atoms with E-state index in [4.69, 9.17) is 33.2 Å². The van der Waals surface area contributed by atoms with Crippen molar-refractivity contribution in [3.05, 3.63) is 46.2 Å². The lowest BCUT2D eigenvalue weighted by atomic mass is 9.72. The zero-order chi connectivity index (χ0) is 59.1. The number of ether oxygens (including phenoxy) is 7. The Morgan fingerprint density at radius 1 is 0.808 bits per heavy atom. The average Bonchev–Trinajstić information content (AvgIpc) is 3.25. The molecule has 0 aromatic heterocycles. The van der Waals surface area contributed by atoms with Crippen molar-refractivity contribution < 1.29 is 90.9 Å². The van der Waals surface area contributed by atoms with Crippen molar-refractivity contribution in [3.8, 4) is 0 Å². The quantitative estimate of drug-likeness (QED) is 0.0848. The van der Waals surface area contributed by atoms with E-state index in [1.165, 1.54) is 32.2 Å². The van der Waals surface area contributed by atoms with Crippen LogP contribution in [0.5, 0.6) is 0 Å². The molecule has 1 aliphatic carbocycles. The maximum absolute atomic E-state index is 14.3. The SMILES string of the molecule is CN(C(=O)OC(C)(C)C)[C@@H]1[C@@H](O)[C@@H](O[C@@H]2[C@@H](O)[C@H](C3OC(CN(C)S(=O)(=O)c4ccccc4[N+](=O)[O-])=CC[C@H]3NC(=O)OC(C)(C)C)[C@@H](NC(=O)OC(C)(C)C)C[C@H]2NC(=O)C2(O)CN(C(=O)OC(C)(C)C)C2)OC[C@]1(C)O. The minimum absolute atomic E-state index is 0.0777. The van der Waals surface area contributed by atoms with Gasteiger partial charge in [-0.05, 0) is 115 Å². The molecule has 27 nitrogen and oxygen atoms in total. The van der Waals surface area contributed by atoms with Crippen LogP contribution in [0.4, 0.5) is 24.9 Å². The van der Waals surface area contributed by atoms with Crippen LogP contribution in [-0.2, 0) is 48.0 Å². The first-order valence-corrected chi connectivity index (χ1v) is 26.8. The van der Waals surface area contributed by atoms with Crippen LogP contribution in [0.1, 0.15) is 103 Å². The van der Waals surface area contributed by atoms with Crippen LogP contribution in [0, 0.1) is 16.0 Å². The summed E-state index contributed by atoms with van der Waals surface area (Å²) in [5.41, 5.74) is -8.93. The molecule has 1 aromatic rings. The number of nitrogens with one attached hydrogen (secondary N) is 3. The van der Waals surface area contributed by atoms with Crippen molar-refractivity contribution in [1.29, 1.82) is 0 Å². The Balaban J connectivity index is 1.62. The van der Waals surface area contributed by atoms with E-state index in [0.29, 0.717) is 0 Å². The zero-order valence-electron chi connectivity index (χ0n) is 46.9. The molecule has 0 radical (unpaired) electrons. The maximum Gasteiger partial charge on any atom is 0.410 e. The highest BCUT2D eigenvalue weighted by Crippen LogP contribution is 2.40. The molecule has 3 aliphatic heterocycles. The standard InChI is InChI=1S/C50H79N7O20S/c1-45(2,3)74-41(61)52-28-21-20-27(23-54(14)78(69,70)32-19-17-16-18-31(32)57(67)68)72-36(28)33-29(53-42(62)75-46(4,5)6)22-30(51-40(60)50(66)24-56(25-50)44(64)77-48(10,11)12)37(34(33)58)73-39-35(59)38(49(13,65)26-71-39)55(15)43(63)76-47(7,8)9/h16-20,28-30,33-39,58-59,65-66H,21-26H2,1-15H3,(H,51,60)(H,52,61)(H,53,62)/t28-,29+,30-,33-,34+,35-,36?,37+,38-,39-,49+/m1/s1. The summed E-state index contributed by atoms with van der Waals surface area (Å²) >= 11 is 0. The second kappa shape index (κ2) is 23.2. The van der Waals surface area contributed by atoms with Gasteiger partial charge < -0.3 is 79.3 Å². The molecule has 78 heavy (non-hydrogen) atoms. The number of nitro groups is 1. The number of hydrogen-bond donors (Lipinski definition) is 7. The van der Waals surface area contributed by atoms with Crippen molar-refractivity contribution in [2.24, 2.45) is 5.92 Å². The molecule has 2 saturated heterocycles. The van der Waals surface area contributed by atoms with Gasteiger partial charge in [0.05, 0.1) is 55.4 Å². The number of likely N-dealkylation sites (N-methyl/N-ethyl adjacent to an activating group) is 2. The molecule has 3 fully saturated rings. The fourth-order valence-electron chi connectivity index (χ4n) is 9.47. The fourth-order valence-corrected chi connectivity index (χ4v) is 10.8. The topological polar surface area (TPSA) is 354 Å². The molecule has 11 atom stereocenters. The summed E-state index contributed by atoms with van der Waals surface area (Å²) in [4.78, 5) is 80.7. The van der Waals surface area contributed by atoms with Crippen LogP contribution in [0.3, 0.4) is 0 Å². The van der Waals surface area contributed by atoms with Crippen molar-refractivity contribution >= 4 is 46.0 Å². The van der Waals surface area contributed by atoms with E-state index in [1.54, 1.807) is 83.1 Å². The first-order valence-electron chi connectivity index (χ1n) is 25.4. The predicted molar refractivity (Wildman–Crippen MR) is 275 cm³/mol. The van der Waals surface area contributed by atoms with E-state index in [1.807, 2.05) is 0 Å². The van der Waals surface area contributed by atoms with Gasteiger partial charge in [0.2, 0.25) is 10.0 Å². The number of carbonyl (C=O) groups excluding carboxylic acids is 5. The van der Waals surface area contributed by atoms with Gasteiger partial charge in [-0.15, -0.1) is 0 Å². The second-order valence-electron chi connectivity index (χ2n) is 24.4. The predicted octanol–water partition coefficient (Wildman–Crippen LogP) is 2.61. The number of β-amino-alcohol motifs (C(OH)–C–C–N with tert-alkyl or cyclic N) is 1. The van der Waals surface area contributed by atoms with Crippen LogP contribution in [0.15, 0.2) is 41.0 Å². The van der Waals surface area contributed by atoms with E-state index in [2.05, 4.69) is 16.0 Å². The van der Waals surface area contributed by atoms with Gasteiger partial charge >= 0.3 is 24.4 Å². The number of nitro benzene ring substituents is 1. The van der Waals surface area contributed by atoms with Crippen LogP contribution in [0.25, 0.3) is 0 Å². The molecule has 0 bridgehead atoms. The smallest absolute Gasteiger partial charge is 0.410 e. The molecular weight excluding hydrogens is 1050 g/mol. The third kappa shape index (κ3) is 15.8. The lowest BCUT2D eigenvalue weighted by Crippen LogP contribution is -2.74. The largest absolute Gasteiger partial charge is 0.491 e. The van der Waals surface area contributed by atoms with Gasteiger partial charge in [0.25, 0.3) is 11.6 Å². The number of carbonyl (C=O) groups is 5. The number of hydrogen-bond acceptors (Lipinski definition) is 20. The second-order valence-corrected chi connectivity index (χ2v) is 26.4. The van der Waals surface area contributed by atoms with Gasteiger partial charge in [0, 0.05) is 32.1 Å². The summed E-state index contributed by atoms with van der Waals surface area (Å²) in [7, 11) is -2.19. The molecule has 5 rings (SSSR count). The van der Waals surface area contributed by atoms with Crippen molar-refractivity contribution in [3.63, 3.8) is 0 Å². The van der Waals surface area contributed by atoms with Gasteiger partial charge in [0.15, 0.2) is 16.8 Å². The van der Waals surface area contributed by atoms with Crippen molar-refractivity contribution in [1.82, 2.24) is 30.1 Å². The number of benzene rings is 1. The molecule has 28 heteroatoms. The van der Waals surface area contributed by atoms with Crippen molar-refractivity contribution in [2.45, 2.75) is 196 Å². The Labute approximate surface area is 454 Å². The molecule has 1 saturated carbocycles. The molecule has 1 aromatic carbocycles. The number of sulfonamides is 1. The summed E-state index contributed by atoms with van der Waals surface area (Å²) in [6.07, 6.45) is -11.9. The minimum Gasteiger partial charge on any atom is -0.491 e. The third-order valence-corrected chi connectivity index (χ3v) is 14.6. The Kier molecular flexibility index (Phi) is 18.8. The van der Waals surface area contributed by atoms with Gasteiger partial charge in [-0.25, -0.2) is 27.6 Å². The fraction of sp³-hybridized carbons (Fsp3) is 0.740. The summed E-state index contributed by atoms with van der Waals surface area (Å²) in [5, 5.41) is 68.5. The Hall–Kier alpha value is -5.62. The van der Waals surface area contributed by atoms with E-state index < -0.39 is 183 Å². The Bertz CT molecular complexity index is 2530. The van der Waals surface area contributed by atoms with E-state index in [-0.39, 0.29) is 12.2 Å². The highest BCUT2D eigenvalue weighted by Gasteiger charge is 2.58. The molecule has 4 aliphatic rings. The molecule has 1 unspecified atom stereocenters. The van der Waals surface area contributed by atoms with Gasteiger partial charge in [-0.2, -0.15) is 4.31 Å². The van der Waals surface area contributed by atoms with Crippen LogP contribution >= 0.6 is 0 Å². The highest BCUT2D eigenvalue weighted by atomic mass is 32.2. The average molecular weight is 1130 g/mol. The summed E-state index contributed by atoms with van der Waals surface area (Å²) in [6, 6.07) is -0.808. The number of para-hydroxylation sites is 1. The van der Waals surface area contributed by atoms with Gasteiger partial charge in [-0.1, -0.05) is 12.1 Å². The lowest BCUT2D eigenvalue weighted by Gasteiger charge is -2.52. The first-order chi connectivity index (χ1) is 35.5. The molecule has 0 spiro atoms. The maximum atomic E-state index is 14.3. The van der Waals surface area contributed by atoms with E-state index >= 15 is 0 Å². The molecule has 440 valence electrons. The number of aliphatic hydroxyl groups is 4. The normalized spacial score (nSPS) is 28.6. The highest BCUT2D eigenvalue weighted by molar-refractivity contribution is 7.89. The van der Waals surface area contributed by atoms with Gasteiger partial charge in [0.1, 0.15) is 52.1 Å². The number of aliphatic hydroxyl groups excluding tert-OH is 2. The summed E-state index contributed by atoms with van der Waals surface area (Å²) in [5.74, 6) is -2.63. The number of amides is 5. The first kappa shape index (κ1) is 63.2. The van der Waals surface area contributed by atoms with Crippen molar-refractivity contribution in [2.75, 3.05) is 40.3 Å². The van der Waals surface area contributed by atoms with E-state index in [9.17, 15) is 62.9 Å². The zero-order valence-corrected chi connectivity index (χ0v) is 47.7. The monoisotopic (exact) mass is 1130 g/mol. The molecule has 5 amide bonds. The Morgan fingerprint density at radius 2 is 1.35 bits per heavy atom. The number of nitrogens with zero attached hydrogens (tertiary/aromatic N) is 4. The minimum atomic E-state index is -4.61. The van der Waals surface area contributed by atoms with Crippen LogP contribution in [-0.4, -0.2) is 207 Å². The van der Waals surface area contributed by atoms with Crippen LogP contribution in [0.2, 0.25) is 0 Å². The lowest BCUT2D eigenvalue weighted by molar-refractivity contribution is -0.387. The molecule has 3 heterocycles. The number of rotatable bonds is 13. The summed E-state index contributed by atoms with van der Waals surface area (Å²) in [6.45, 7) is 18.4. The van der Waals surface area contributed by atoms with Gasteiger partial charge in [-0.3, -0.25) is 14.9 Å². The Morgan fingerprint density at radius 3 is 1.88 bits per heavy atom. The third-order valence-electron chi connectivity index (χ3n) is 12.8. The van der Waals surface area contributed by atoms with E-state index in [0.717, 1.165) is 33.3 Å². The number of likely N-dealkylation sites (tertiary alicyclic amines) is 1. The van der Waals surface area contributed by atoms with Crippen LogP contribution < -0.4 is 16.0 Å². The molecular formula is C50H79N7O20S. The summed E-state index contributed by atoms with van der Waals surface area (Å²) < 4.78 is 69.9. The molecule has 7 N–H and O–H groups in total.